The van der Waals surface area contributed by atoms with Crippen molar-refractivity contribution < 1.29 is 0 Å². The summed E-state index contributed by atoms with van der Waals surface area (Å²) in [5.41, 5.74) is 5.48. The van der Waals surface area contributed by atoms with E-state index in [1.165, 1.54) is 6.42 Å². The fourth-order valence-electron chi connectivity index (χ4n) is 1.17. The van der Waals surface area contributed by atoms with Gasteiger partial charge in [0.1, 0.15) is 5.82 Å². The van der Waals surface area contributed by atoms with Gasteiger partial charge in [-0.1, -0.05) is 6.92 Å². The highest BCUT2D eigenvalue weighted by molar-refractivity contribution is 5.23. The summed E-state index contributed by atoms with van der Waals surface area (Å²) in [6.07, 6.45) is 4.20. The predicted octanol–water partition coefficient (Wildman–Crippen LogP) is 0.855. The van der Waals surface area contributed by atoms with Crippen LogP contribution in [0.3, 0.4) is 0 Å². The van der Waals surface area contributed by atoms with Crippen LogP contribution in [0.5, 0.6) is 0 Å². The first kappa shape index (κ1) is 10.1. The van der Waals surface area contributed by atoms with Crippen molar-refractivity contribution in [2.45, 2.75) is 26.3 Å². The van der Waals surface area contributed by atoms with E-state index in [0.717, 1.165) is 26.1 Å². The Kier molecular flexibility index (Phi) is 4.32. The predicted molar refractivity (Wildman–Crippen MR) is 54.4 cm³/mol. The summed E-state index contributed by atoms with van der Waals surface area (Å²) in [7, 11) is 0. The Bertz CT molecular complexity index is 231. The highest BCUT2D eigenvalue weighted by Gasteiger charge is 1.93. The second-order valence-electron chi connectivity index (χ2n) is 3.11. The van der Waals surface area contributed by atoms with Crippen LogP contribution in [0.1, 0.15) is 19.8 Å². The number of rotatable bonds is 6. The molecule has 0 aliphatic rings. The van der Waals surface area contributed by atoms with Crippen LogP contribution in [-0.2, 0) is 6.54 Å². The number of nitrogens with one attached hydrogen (secondary N) is 1. The molecule has 1 heterocycles. The van der Waals surface area contributed by atoms with Gasteiger partial charge in [-0.3, -0.25) is 4.68 Å². The SMILES string of the molecule is CCCNCCCn1ccc(N)n1. The highest BCUT2D eigenvalue weighted by atomic mass is 15.3. The summed E-state index contributed by atoms with van der Waals surface area (Å²) < 4.78 is 1.88. The van der Waals surface area contributed by atoms with Crippen LogP contribution in [-0.4, -0.2) is 22.9 Å². The molecule has 1 aromatic rings. The third kappa shape index (κ3) is 3.94. The number of aromatic nitrogens is 2. The van der Waals surface area contributed by atoms with Gasteiger partial charge in [0.05, 0.1) is 0 Å². The monoisotopic (exact) mass is 182 g/mol. The maximum absolute atomic E-state index is 5.48. The molecular weight excluding hydrogens is 164 g/mol. The fourth-order valence-corrected chi connectivity index (χ4v) is 1.17. The number of nitrogens with zero attached hydrogens (tertiary/aromatic N) is 2. The van der Waals surface area contributed by atoms with E-state index in [2.05, 4.69) is 17.3 Å². The average Bonchev–Trinajstić information content (AvgIpc) is 2.51. The quantitative estimate of drug-likeness (QED) is 0.641. The smallest absolute Gasteiger partial charge is 0.145 e. The first-order valence-corrected chi connectivity index (χ1v) is 4.82. The van der Waals surface area contributed by atoms with Gasteiger partial charge in [0, 0.05) is 12.7 Å². The van der Waals surface area contributed by atoms with Gasteiger partial charge in [0.2, 0.25) is 0 Å². The summed E-state index contributed by atoms with van der Waals surface area (Å²) in [5, 5.41) is 7.43. The highest BCUT2D eigenvalue weighted by Crippen LogP contribution is 1.96. The molecule has 0 radical (unpaired) electrons. The summed E-state index contributed by atoms with van der Waals surface area (Å²) in [6.45, 7) is 5.25. The first-order valence-electron chi connectivity index (χ1n) is 4.82. The van der Waals surface area contributed by atoms with Crippen molar-refractivity contribution in [2.75, 3.05) is 18.8 Å². The van der Waals surface area contributed by atoms with E-state index >= 15 is 0 Å². The van der Waals surface area contributed by atoms with Crippen molar-refractivity contribution in [1.29, 1.82) is 0 Å². The van der Waals surface area contributed by atoms with Gasteiger partial charge in [-0.2, -0.15) is 5.10 Å². The summed E-state index contributed by atoms with van der Waals surface area (Å²) >= 11 is 0. The van der Waals surface area contributed by atoms with Gasteiger partial charge in [0.15, 0.2) is 0 Å². The van der Waals surface area contributed by atoms with Gasteiger partial charge in [-0.15, -0.1) is 0 Å². The largest absolute Gasteiger partial charge is 0.382 e. The lowest BCUT2D eigenvalue weighted by Crippen LogP contribution is -2.17. The molecule has 0 amide bonds. The Morgan fingerprint density at radius 3 is 3.00 bits per heavy atom. The molecule has 0 aliphatic carbocycles. The molecule has 0 saturated heterocycles. The molecule has 0 unspecified atom stereocenters. The lowest BCUT2D eigenvalue weighted by atomic mass is 10.4. The number of hydrogen-bond acceptors (Lipinski definition) is 3. The molecule has 1 aromatic heterocycles. The Labute approximate surface area is 79.1 Å². The molecule has 0 fully saturated rings. The molecule has 1 rings (SSSR count). The van der Waals surface area contributed by atoms with Crippen LogP contribution < -0.4 is 11.1 Å². The van der Waals surface area contributed by atoms with E-state index in [1.54, 1.807) is 0 Å². The van der Waals surface area contributed by atoms with Crippen molar-refractivity contribution in [1.82, 2.24) is 15.1 Å². The zero-order valence-corrected chi connectivity index (χ0v) is 8.16. The lowest BCUT2D eigenvalue weighted by Gasteiger charge is -2.02. The first-order chi connectivity index (χ1) is 6.33. The molecular formula is C9H18N4. The standard InChI is InChI=1S/C9H18N4/c1-2-5-11-6-3-7-13-8-4-9(10)12-13/h4,8,11H,2-3,5-7H2,1H3,(H2,10,12). The van der Waals surface area contributed by atoms with E-state index in [-0.39, 0.29) is 0 Å². The maximum Gasteiger partial charge on any atom is 0.145 e. The molecule has 0 atom stereocenters. The van der Waals surface area contributed by atoms with E-state index in [9.17, 15) is 0 Å². The zero-order chi connectivity index (χ0) is 9.52. The number of anilines is 1. The van der Waals surface area contributed by atoms with Gasteiger partial charge in [-0.25, -0.2) is 0 Å². The summed E-state index contributed by atoms with van der Waals surface area (Å²) in [6, 6.07) is 1.82. The average molecular weight is 182 g/mol. The Morgan fingerprint density at radius 1 is 1.54 bits per heavy atom. The Balaban J connectivity index is 2.06. The second kappa shape index (κ2) is 5.59. The molecule has 4 heteroatoms. The van der Waals surface area contributed by atoms with Crippen molar-refractivity contribution >= 4 is 5.82 Å². The Morgan fingerprint density at radius 2 is 2.38 bits per heavy atom. The van der Waals surface area contributed by atoms with E-state index in [4.69, 9.17) is 5.73 Å². The third-order valence-corrected chi connectivity index (χ3v) is 1.83. The topological polar surface area (TPSA) is 55.9 Å². The van der Waals surface area contributed by atoms with Crippen LogP contribution >= 0.6 is 0 Å². The Hall–Kier alpha value is -1.03. The molecule has 13 heavy (non-hydrogen) atoms. The van der Waals surface area contributed by atoms with Crippen LogP contribution in [0.2, 0.25) is 0 Å². The molecule has 0 aromatic carbocycles. The number of hydrogen-bond donors (Lipinski definition) is 2. The van der Waals surface area contributed by atoms with E-state index in [1.807, 2.05) is 16.9 Å². The van der Waals surface area contributed by atoms with Crippen LogP contribution in [0, 0.1) is 0 Å². The summed E-state index contributed by atoms with van der Waals surface area (Å²) in [5.74, 6) is 0.599. The molecule has 3 N–H and O–H groups in total. The van der Waals surface area contributed by atoms with Crippen LogP contribution in [0.4, 0.5) is 5.82 Å². The van der Waals surface area contributed by atoms with E-state index in [0.29, 0.717) is 5.82 Å². The van der Waals surface area contributed by atoms with Gasteiger partial charge in [0.25, 0.3) is 0 Å². The molecule has 74 valence electrons. The van der Waals surface area contributed by atoms with Crippen molar-refractivity contribution in [3.63, 3.8) is 0 Å². The summed E-state index contributed by atoms with van der Waals surface area (Å²) in [4.78, 5) is 0. The van der Waals surface area contributed by atoms with Crippen molar-refractivity contribution in [3.8, 4) is 0 Å². The fraction of sp³-hybridized carbons (Fsp3) is 0.667. The second-order valence-corrected chi connectivity index (χ2v) is 3.11. The van der Waals surface area contributed by atoms with Gasteiger partial charge >= 0.3 is 0 Å². The lowest BCUT2D eigenvalue weighted by molar-refractivity contribution is 0.544. The third-order valence-electron chi connectivity index (χ3n) is 1.83. The number of nitrogen functional groups attached to an aromatic ring is 1. The van der Waals surface area contributed by atoms with E-state index < -0.39 is 0 Å². The van der Waals surface area contributed by atoms with Crippen molar-refractivity contribution in [2.24, 2.45) is 0 Å². The minimum atomic E-state index is 0.599. The van der Waals surface area contributed by atoms with Crippen LogP contribution in [0.25, 0.3) is 0 Å². The number of aryl methyl sites for hydroxylation is 1. The molecule has 0 saturated carbocycles. The van der Waals surface area contributed by atoms with Crippen LogP contribution in [0.15, 0.2) is 12.3 Å². The number of nitrogens with two attached hydrogens (primary N) is 1. The maximum atomic E-state index is 5.48. The normalized spacial score (nSPS) is 10.5. The molecule has 4 nitrogen and oxygen atoms in total. The minimum Gasteiger partial charge on any atom is -0.382 e. The molecule has 0 spiro atoms. The zero-order valence-electron chi connectivity index (χ0n) is 8.16. The minimum absolute atomic E-state index is 0.599. The van der Waals surface area contributed by atoms with Gasteiger partial charge in [-0.05, 0) is 32.0 Å². The van der Waals surface area contributed by atoms with Crippen molar-refractivity contribution in [3.05, 3.63) is 12.3 Å². The van der Waals surface area contributed by atoms with Gasteiger partial charge < -0.3 is 11.1 Å². The molecule has 0 bridgehead atoms. The molecule has 0 aliphatic heterocycles.